The summed E-state index contributed by atoms with van der Waals surface area (Å²) in [6, 6.07) is 10.9. The van der Waals surface area contributed by atoms with E-state index in [1.807, 2.05) is 7.05 Å². The van der Waals surface area contributed by atoms with Gasteiger partial charge in [-0.15, -0.1) is 11.3 Å². The summed E-state index contributed by atoms with van der Waals surface area (Å²) in [6.45, 7) is 5.12. The van der Waals surface area contributed by atoms with Crippen molar-refractivity contribution in [1.29, 1.82) is 0 Å². The summed E-state index contributed by atoms with van der Waals surface area (Å²) in [4.78, 5) is 1.35. The molecule has 0 amide bonds. The summed E-state index contributed by atoms with van der Waals surface area (Å²) in [5, 5.41) is 5.61. The number of benzene rings is 1. The maximum Gasteiger partial charge on any atom is 0.119 e. The summed E-state index contributed by atoms with van der Waals surface area (Å²) in [7, 11) is 2.00. The number of nitrogens with one attached hydrogen (secondary N) is 1. The molecule has 0 spiro atoms. The first kappa shape index (κ1) is 15.1. The van der Waals surface area contributed by atoms with Crippen LogP contribution in [0, 0.1) is 6.92 Å². The largest absolute Gasteiger partial charge is 0.494 e. The average molecular weight is 289 g/mol. The van der Waals surface area contributed by atoms with Gasteiger partial charge >= 0.3 is 0 Å². The third-order valence-corrected chi connectivity index (χ3v) is 4.23. The van der Waals surface area contributed by atoms with Gasteiger partial charge in [0.1, 0.15) is 5.75 Å². The van der Waals surface area contributed by atoms with Crippen molar-refractivity contribution >= 4 is 11.3 Å². The number of rotatable bonds is 7. The van der Waals surface area contributed by atoms with E-state index in [0.29, 0.717) is 0 Å². The Morgan fingerprint density at radius 2 is 1.95 bits per heavy atom. The fourth-order valence-electron chi connectivity index (χ4n) is 2.23. The SMILES string of the molecule is CCCCOc1ccc(C(NC)c2csc(C)c2)cc1. The lowest BCUT2D eigenvalue weighted by molar-refractivity contribution is 0.309. The minimum Gasteiger partial charge on any atom is -0.494 e. The number of hydrogen-bond acceptors (Lipinski definition) is 3. The standard InChI is InChI=1S/C17H23NOS/c1-4-5-10-19-16-8-6-14(7-9-16)17(18-3)15-11-13(2)20-12-15/h6-9,11-12,17-18H,4-5,10H2,1-3H3. The Labute approximate surface area is 125 Å². The minimum atomic E-state index is 0.254. The van der Waals surface area contributed by atoms with Crippen molar-refractivity contribution in [2.45, 2.75) is 32.7 Å². The van der Waals surface area contributed by atoms with Crippen LogP contribution < -0.4 is 10.1 Å². The van der Waals surface area contributed by atoms with Gasteiger partial charge in [0.05, 0.1) is 12.6 Å². The first-order chi connectivity index (χ1) is 9.74. The van der Waals surface area contributed by atoms with E-state index >= 15 is 0 Å². The van der Waals surface area contributed by atoms with Crippen LogP contribution >= 0.6 is 11.3 Å². The van der Waals surface area contributed by atoms with Crippen LogP contribution in [0.3, 0.4) is 0 Å². The molecule has 0 bridgehead atoms. The fraction of sp³-hybridized carbons (Fsp3) is 0.412. The first-order valence-corrected chi connectivity index (χ1v) is 8.07. The monoisotopic (exact) mass is 289 g/mol. The summed E-state index contributed by atoms with van der Waals surface area (Å²) in [6.07, 6.45) is 2.27. The highest BCUT2D eigenvalue weighted by Gasteiger charge is 2.13. The van der Waals surface area contributed by atoms with Crippen LogP contribution in [-0.4, -0.2) is 13.7 Å². The van der Waals surface area contributed by atoms with Gasteiger partial charge < -0.3 is 10.1 Å². The van der Waals surface area contributed by atoms with Gasteiger partial charge in [0.15, 0.2) is 0 Å². The number of unbranched alkanes of at least 4 members (excludes halogenated alkanes) is 1. The Hall–Kier alpha value is -1.32. The van der Waals surface area contributed by atoms with Crippen molar-refractivity contribution in [3.05, 3.63) is 51.7 Å². The smallest absolute Gasteiger partial charge is 0.119 e. The number of hydrogen-bond donors (Lipinski definition) is 1. The van der Waals surface area contributed by atoms with E-state index in [0.717, 1.165) is 25.2 Å². The van der Waals surface area contributed by atoms with Crippen molar-refractivity contribution in [2.75, 3.05) is 13.7 Å². The van der Waals surface area contributed by atoms with E-state index in [1.165, 1.54) is 16.0 Å². The molecular formula is C17H23NOS. The lowest BCUT2D eigenvalue weighted by Crippen LogP contribution is -2.16. The Kier molecular flexibility index (Phi) is 5.62. The molecule has 108 valence electrons. The highest BCUT2D eigenvalue weighted by Crippen LogP contribution is 2.27. The van der Waals surface area contributed by atoms with E-state index < -0.39 is 0 Å². The lowest BCUT2D eigenvalue weighted by atomic mass is 10.0. The van der Waals surface area contributed by atoms with Crippen LogP contribution in [0.4, 0.5) is 0 Å². The summed E-state index contributed by atoms with van der Waals surface area (Å²) in [5.41, 5.74) is 2.60. The van der Waals surface area contributed by atoms with Gasteiger partial charge in [-0.3, -0.25) is 0 Å². The van der Waals surface area contributed by atoms with Crippen molar-refractivity contribution in [3.8, 4) is 5.75 Å². The predicted octanol–water partition coefficient (Wildman–Crippen LogP) is 4.54. The number of aryl methyl sites for hydroxylation is 1. The molecule has 1 atom stereocenters. The van der Waals surface area contributed by atoms with Gasteiger partial charge in [-0.1, -0.05) is 25.5 Å². The molecule has 0 aliphatic rings. The molecule has 0 radical (unpaired) electrons. The van der Waals surface area contributed by atoms with E-state index in [-0.39, 0.29) is 6.04 Å². The molecule has 0 aliphatic heterocycles. The highest BCUT2D eigenvalue weighted by atomic mass is 32.1. The first-order valence-electron chi connectivity index (χ1n) is 7.19. The van der Waals surface area contributed by atoms with Crippen LogP contribution in [0.2, 0.25) is 0 Å². The highest BCUT2D eigenvalue weighted by molar-refractivity contribution is 7.10. The van der Waals surface area contributed by atoms with Crippen LogP contribution in [0.1, 0.15) is 41.8 Å². The lowest BCUT2D eigenvalue weighted by Gasteiger charge is -2.16. The molecule has 2 rings (SSSR count). The zero-order chi connectivity index (χ0) is 14.4. The Morgan fingerprint density at radius 3 is 2.50 bits per heavy atom. The zero-order valence-corrected chi connectivity index (χ0v) is 13.3. The molecule has 3 heteroatoms. The van der Waals surface area contributed by atoms with Crippen LogP contribution in [0.25, 0.3) is 0 Å². The second-order valence-corrected chi connectivity index (χ2v) is 6.10. The van der Waals surface area contributed by atoms with Crippen molar-refractivity contribution in [2.24, 2.45) is 0 Å². The molecule has 20 heavy (non-hydrogen) atoms. The molecule has 0 saturated heterocycles. The molecule has 1 heterocycles. The van der Waals surface area contributed by atoms with Crippen molar-refractivity contribution < 1.29 is 4.74 Å². The molecule has 0 saturated carbocycles. The Balaban J connectivity index is 2.07. The summed E-state index contributed by atoms with van der Waals surface area (Å²) < 4.78 is 5.71. The summed E-state index contributed by atoms with van der Waals surface area (Å²) >= 11 is 1.79. The van der Waals surface area contributed by atoms with Crippen LogP contribution in [0.15, 0.2) is 35.7 Å². The van der Waals surface area contributed by atoms with Crippen molar-refractivity contribution in [3.63, 3.8) is 0 Å². The third-order valence-electron chi connectivity index (χ3n) is 3.35. The van der Waals surface area contributed by atoms with Gasteiger partial charge in [0.25, 0.3) is 0 Å². The van der Waals surface area contributed by atoms with Crippen LogP contribution in [-0.2, 0) is 0 Å². The van der Waals surface area contributed by atoms with E-state index in [2.05, 4.69) is 54.9 Å². The summed E-state index contributed by atoms with van der Waals surface area (Å²) in [5.74, 6) is 0.957. The van der Waals surface area contributed by atoms with Gasteiger partial charge in [-0.2, -0.15) is 0 Å². The second kappa shape index (κ2) is 7.46. The topological polar surface area (TPSA) is 21.3 Å². The zero-order valence-electron chi connectivity index (χ0n) is 12.5. The number of ether oxygens (including phenoxy) is 1. The molecule has 0 aliphatic carbocycles. The maximum absolute atomic E-state index is 5.71. The van der Waals surface area contributed by atoms with Gasteiger partial charge in [-0.05, 0) is 55.1 Å². The maximum atomic E-state index is 5.71. The minimum absolute atomic E-state index is 0.254. The van der Waals surface area contributed by atoms with E-state index in [9.17, 15) is 0 Å². The molecule has 1 unspecified atom stereocenters. The van der Waals surface area contributed by atoms with Crippen LogP contribution in [0.5, 0.6) is 5.75 Å². The van der Waals surface area contributed by atoms with Gasteiger partial charge in [0, 0.05) is 4.88 Å². The van der Waals surface area contributed by atoms with Crippen molar-refractivity contribution in [1.82, 2.24) is 5.32 Å². The Bertz CT molecular complexity index is 518. The Morgan fingerprint density at radius 1 is 1.20 bits per heavy atom. The van der Waals surface area contributed by atoms with E-state index in [4.69, 9.17) is 4.74 Å². The molecule has 1 aromatic carbocycles. The molecule has 0 fully saturated rings. The fourth-order valence-corrected chi connectivity index (χ4v) is 2.96. The third kappa shape index (κ3) is 3.84. The molecule has 1 aromatic heterocycles. The quantitative estimate of drug-likeness (QED) is 0.755. The second-order valence-electron chi connectivity index (χ2n) is 4.98. The predicted molar refractivity (Wildman–Crippen MR) is 86.8 cm³/mol. The molecule has 2 nitrogen and oxygen atoms in total. The average Bonchev–Trinajstić information content (AvgIpc) is 2.88. The number of thiophene rings is 1. The molecular weight excluding hydrogens is 266 g/mol. The molecule has 1 N–H and O–H groups in total. The van der Waals surface area contributed by atoms with Gasteiger partial charge in [-0.25, -0.2) is 0 Å². The normalized spacial score (nSPS) is 12.3. The molecule has 2 aromatic rings. The van der Waals surface area contributed by atoms with E-state index in [1.54, 1.807) is 11.3 Å². The van der Waals surface area contributed by atoms with Gasteiger partial charge in [0.2, 0.25) is 0 Å².